The van der Waals surface area contributed by atoms with Crippen molar-refractivity contribution in [1.82, 2.24) is 4.31 Å². The normalized spacial score (nSPS) is 17.6. The molecule has 7 heteroatoms. The van der Waals surface area contributed by atoms with Gasteiger partial charge in [0.2, 0.25) is 0 Å². The maximum absolute atomic E-state index is 12.1. The Labute approximate surface area is 112 Å². The third-order valence-electron chi connectivity index (χ3n) is 2.90. The highest BCUT2D eigenvalue weighted by atomic mass is 35.5. The molecule has 3 N–H and O–H groups in total. The molecule has 1 aliphatic rings. The summed E-state index contributed by atoms with van der Waals surface area (Å²) in [7, 11) is -3.48. The highest BCUT2D eigenvalue weighted by Gasteiger charge is 2.23. The van der Waals surface area contributed by atoms with Gasteiger partial charge in [-0.25, -0.2) is 0 Å². The number of hydrogen-bond donors (Lipinski definition) is 2. The Hall–Kier alpha value is -0.980. The van der Waals surface area contributed by atoms with E-state index in [0.717, 1.165) is 19.3 Å². The van der Waals surface area contributed by atoms with Gasteiger partial charge in [-0.2, -0.15) is 12.7 Å². The monoisotopic (exact) mass is 289 g/mol. The summed E-state index contributed by atoms with van der Waals surface area (Å²) in [5, 5.41) is 0.413. The van der Waals surface area contributed by atoms with E-state index in [0.29, 0.717) is 29.5 Å². The summed E-state index contributed by atoms with van der Waals surface area (Å²) in [4.78, 5) is 0. The van der Waals surface area contributed by atoms with Crippen molar-refractivity contribution in [2.45, 2.75) is 19.3 Å². The largest absolute Gasteiger partial charge is 0.397 e. The molecular formula is C11H16ClN3O2S. The molecule has 0 radical (unpaired) electrons. The lowest BCUT2D eigenvalue weighted by atomic mass is 10.2. The average molecular weight is 290 g/mol. The first-order chi connectivity index (χ1) is 8.49. The maximum Gasteiger partial charge on any atom is 0.301 e. The number of nitrogen functional groups attached to an aromatic ring is 1. The molecule has 1 aromatic carbocycles. The van der Waals surface area contributed by atoms with Crippen LogP contribution in [0.2, 0.25) is 5.02 Å². The Morgan fingerprint density at radius 2 is 1.89 bits per heavy atom. The molecule has 1 saturated heterocycles. The van der Waals surface area contributed by atoms with Crippen molar-refractivity contribution in [3.63, 3.8) is 0 Å². The van der Waals surface area contributed by atoms with E-state index >= 15 is 0 Å². The first-order valence-corrected chi connectivity index (χ1v) is 7.64. The van der Waals surface area contributed by atoms with E-state index in [-0.39, 0.29) is 0 Å². The highest BCUT2D eigenvalue weighted by molar-refractivity contribution is 7.90. The van der Waals surface area contributed by atoms with Crippen LogP contribution in [0.5, 0.6) is 0 Å². The molecule has 1 fully saturated rings. The van der Waals surface area contributed by atoms with E-state index in [4.69, 9.17) is 17.3 Å². The standard InChI is InChI=1S/C11H16ClN3O2S/c12-10-5-4-9(8-11(10)13)14-18(16,17)15-6-2-1-3-7-15/h4-5,8,14H,1-3,6-7,13H2. The molecule has 5 nitrogen and oxygen atoms in total. The van der Waals surface area contributed by atoms with Crippen molar-refractivity contribution in [2.75, 3.05) is 23.5 Å². The van der Waals surface area contributed by atoms with Gasteiger partial charge in [-0.05, 0) is 31.0 Å². The summed E-state index contributed by atoms with van der Waals surface area (Å²) in [6.07, 6.45) is 2.90. The van der Waals surface area contributed by atoms with Crippen LogP contribution in [-0.4, -0.2) is 25.8 Å². The average Bonchev–Trinajstić information content (AvgIpc) is 2.35. The van der Waals surface area contributed by atoms with E-state index in [1.165, 1.54) is 10.4 Å². The van der Waals surface area contributed by atoms with Gasteiger partial charge in [0, 0.05) is 13.1 Å². The molecule has 0 bridgehead atoms. The number of anilines is 2. The van der Waals surface area contributed by atoms with E-state index in [2.05, 4.69) is 4.72 Å². The highest BCUT2D eigenvalue weighted by Crippen LogP contribution is 2.24. The quantitative estimate of drug-likeness (QED) is 0.837. The van der Waals surface area contributed by atoms with Gasteiger partial charge in [0.1, 0.15) is 0 Å². The number of rotatable bonds is 3. The van der Waals surface area contributed by atoms with Gasteiger partial charge in [0.25, 0.3) is 0 Å². The van der Waals surface area contributed by atoms with Crippen molar-refractivity contribution in [2.24, 2.45) is 0 Å². The first kappa shape index (κ1) is 13.5. The molecule has 18 heavy (non-hydrogen) atoms. The summed E-state index contributed by atoms with van der Waals surface area (Å²) >= 11 is 5.79. The Morgan fingerprint density at radius 1 is 1.22 bits per heavy atom. The second-order valence-electron chi connectivity index (χ2n) is 4.30. The third-order valence-corrected chi connectivity index (χ3v) is 4.78. The molecule has 0 saturated carbocycles. The summed E-state index contributed by atoms with van der Waals surface area (Å²) < 4.78 is 28.2. The molecule has 1 heterocycles. The topological polar surface area (TPSA) is 75.4 Å². The maximum atomic E-state index is 12.1. The number of nitrogens with one attached hydrogen (secondary N) is 1. The van der Waals surface area contributed by atoms with Crippen molar-refractivity contribution in [1.29, 1.82) is 0 Å². The minimum atomic E-state index is -3.48. The van der Waals surface area contributed by atoms with Gasteiger partial charge < -0.3 is 5.73 Å². The van der Waals surface area contributed by atoms with Crippen molar-refractivity contribution in [3.8, 4) is 0 Å². The molecule has 100 valence electrons. The molecule has 1 aromatic rings. The fourth-order valence-electron chi connectivity index (χ4n) is 1.93. The van der Waals surface area contributed by atoms with Crippen LogP contribution < -0.4 is 10.5 Å². The molecule has 0 atom stereocenters. The molecule has 0 aromatic heterocycles. The summed E-state index contributed by atoms with van der Waals surface area (Å²) in [6, 6.07) is 4.69. The van der Waals surface area contributed by atoms with E-state index < -0.39 is 10.2 Å². The summed E-state index contributed by atoms with van der Waals surface area (Å²) in [6.45, 7) is 1.14. The second kappa shape index (κ2) is 5.34. The van der Waals surface area contributed by atoms with Crippen LogP contribution in [0.3, 0.4) is 0 Å². The summed E-state index contributed by atoms with van der Waals surface area (Å²) in [5.74, 6) is 0. The zero-order valence-electron chi connectivity index (χ0n) is 9.89. The van der Waals surface area contributed by atoms with Crippen LogP contribution >= 0.6 is 11.6 Å². The fraction of sp³-hybridized carbons (Fsp3) is 0.455. The number of benzene rings is 1. The number of nitrogens with two attached hydrogens (primary N) is 1. The van der Waals surface area contributed by atoms with Crippen LogP contribution in [0.15, 0.2) is 18.2 Å². The van der Waals surface area contributed by atoms with Gasteiger partial charge in [0.15, 0.2) is 0 Å². The van der Waals surface area contributed by atoms with E-state index in [9.17, 15) is 8.42 Å². The first-order valence-electron chi connectivity index (χ1n) is 5.82. The Balaban J connectivity index is 2.13. The van der Waals surface area contributed by atoms with Gasteiger partial charge in [0.05, 0.1) is 16.4 Å². The van der Waals surface area contributed by atoms with Crippen LogP contribution in [0.1, 0.15) is 19.3 Å². The minimum Gasteiger partial charge on any atom is -0.397 e. The zero-order valence-corrected chi connectivity index (χ0v) is 11.5. The van der Waals surface area contributed by atoms with Gasteiger partial charge in [-0.15, -0.1) is 0 Å². The third kappa shape index (κ3) is 3.07. The predicted molar refractivity (Wildman–Crippen MR) is 73.8 cm³/mol. The Morgan fingerprint density at radius 3 is 2.50 bits per heavy atom. The molecule has 0 aliphatic carbocycles. The fourth-order valence-corrected chi connectivity index (χ4v) is 3.34. The molecule has 0 unspecified atom stereocenters. The minimum absolute atomic E-state index is 0.357. The lowest BCUT2D eigenvalue weighted by molar-refractivity contribution is 0.349. The van der Waals surface area contributed by atoms with Gasteiger partial charge in [-0.3, -0.25) is 4.72 Å². The van der Waals surface area contributed by atoms with Crippen molar-refractivity contribution < 1.29 is 8.42 Å². The molecule has 2 rings (SSSR count). The molecule has 0 spiro atoms. The van der Waals surface area contributed by atoms with Crippen LogP contribution in [-0.2, 0) is 10.2 Å². The SMILES string of the molecule is Nc1cc(NS(=O)(=O)N2CCCCC2)ccc1Cl. The number of halogens is 1. The molecular weight excluding hydrogens is 274 g/mol. The van der Waals surface area contributed by atoms with Gasteiger partial charge in [-0.1, -0.05) is 18.0 Å². The van der Waals surface area contributed by atoms with E-state index in [1.54, 1.807) is 12.1 Å². The Kier molecular flexibility index (Phi) is 3.99. The molecule has 0 amide bonds. The van der Waals surface area contributed by atoms with Crippen molar-refractivity contribution >= 4 is 33.2 Å². The van der Waals surface area contributed by atoms with Crippen LogP contribution in [0.25, 0.3) is 0 Å². The lowest BCUT2D eigenvalue weighted by Gasteiger charge is -2.26. The molecule has 1 aliphatic heterocycles. The Bertz CT molecular complexity index is 527. The van der Waals surface area contributed by atoms with Gasteiger partial charge >= 0.3 is 10.2 Å². The lowest BCUT2D eigenvalue weighted by Crippen LogP contribution is -2.39. The number of piperidine rings is 1. The van der Waals surface area contributed by atoms with E-state index in [1.807, 2.05) is 0 Å². The van der Waals surface area contributed by atoms with Crippen molar-refractivity contribution in [3.05, 3.63) is 23.2 Å². The van der Waals surface area contributed by atoms with Crippen LogP contribution in [0, 0.1) is 0 Å². The zero-order chi connectivity index (χ0) is 13.2. The number of hydrogen-bond acceptors (Lipinski definition) is 3. The summed E-state index contributed by atoms with van der Waals surface area (Å²) in [5.41, 5.74) is 6.43. The second-order valence-corrected chi connectivity index (χ2v) is 6.38. The predicted octanol–water partition coefficient (Wildman–Crippen LogP) is 2.06. The smallest absolute Gasteiger partial charge is 0.301 e. The number of nitrogens with zero attached hydrogens (tertiary/aromatic N) is 1. The van der Waals surface area contributed by atoms with Crippen LogP contribution in [0.4, 0.5) is 11.4 Å².